The normalized spacial score (nSPS) is 8.73. The van der Waals surface area contributed by atoms with Gasteiger partial charge < -0.3 is 5.32 Å². The predicted molar refractivity (Wildman–Crippen MR) is 56.5 cm³/mol. The van der Waals surface area contributed by atoms with E-state index in [4.69, 9.17) is 6.42 Å². The van der Waals surface area contributed by atoms with Crippen molar-refractivity contribution in [2.45, 2.75) is 0 Å². The number of halogens is 1. The Bertz CT molecular complexity index is 275. The molecule has 1 N–H and O–H groups in total. The first-order valence-electron chi connectivity index (χ1n) is 3.26. The van der Waals surface area contributed by atoms with Crippen LogP contribution < -0.4 is 5.32 Å². The van der Waals surface area contributed by atoms with Gasteiger partial charge in [-0.15, -0.1) is 6.42 Å². The molecule has 1 aromatic carbocycles. The van der Waals surface area contributed by atoms with Crippen molar-refractivity contribution in [2.75, 3.05) is 11.9 Å². The number of anilines is 1. The van der Waals surface area contributed by atoms with Crippen molar-refractivity contribution in [1.29, 1.82) is 0 Å². The van der Waals surface area contributed by atoms with Gasteiger partial charge in [-0.3, -0.25) is 0 Å². The highest BCUT2D eigenvalue weighted by Crippen LogP contribution is 2.11. The van der Waals surface area contributed by atoms with E-state index in [1.807, 2.05) is 18.2 Å². The molecule has 1 aromatic rings. The van der Waals surface area contributed by atoms with E-state index < -0.39 is 0 Å². The van der Waals surface area contributed by atoms with E-state index >= 15 is 0 Å². The highest BCUT2D eigenvalue weighted by atomic mass is 127. The zero-order valence-corrected chi connectivity index (χ0v) is 8.13. The molecule has 0 heterocycles. The molecule has 2 heteroatoms. The molecule has 0 amide bonds. The second-order valence-corrected chi connectivity index (χ2v) is 3.31. The van der Waals surface area contributed by atoms with E-state index in [9.17, 15) is 0 Å². The summed E-state index contributed by atoms with van der Waals surface area (Å²) in [7, 11) is 0. The van der Waals surface area contributed by atoms with Crippen LogP contribution in [0.1, 0.15) is 0 Å². The lowest BCUT2D eigenvalue weighted by Gasteiger charge is -2.01. The molecule has 0 atom stereocenters. The van der Waals surface area contributed by atoms with Gasteiger partial charge in [-0.05, 0) is 40.8 Å². The second kappa shape index (κ2) is 4.24. The molecular formula is C9H8IN. The highest BCUT2D eigenvalue weighted by molar-refractivity contribution is 14.1. The fourth-order valence-electron chi connectivity index (χ4n) is 0.752. The number of rotatable bonds is 2. The maximum Gasteiger partial charge on any atom is 0.0763 e. The zero-order valence-electron chi connectivity index (χ0n) is 5.97. The summed E-state index contributed by atoms with van der Waals surface area (Å²) in [6.45, 7) is 0.583. The molecule has 11 heavy (non-hydrogen) atoms. The lowest BCUT2D eigenvalue weighted by atomic mass is 10.3. The molecule has 0 aliphatic rings. The molecular weight excluding hydrogens is 249 g/mol. The minimum absolute atomic E-state index is 0.583. The van der Waals surface area contributed by atoms with Gasteiger partial charge in [0, 0.05) is 9.26 Å². The third-order valence-electron chi connectivity index (χ3n) is 1.22. The summed E-state index contributed by atoms with van der Waals surface area (Å²) in [4.78, 5) is 0. The molecule has 0 fully saturated rings. The number of terminal acetylenes is 1. The third-order valence-corrected chi connectivity index (χ3v) is 1.89. The average Bonchev–Trinajstić information content (AvgIpc) is 2.01. The first kappa shape index (κ1) is 8.41. The molecule has 0 aromatic heterocycles. The monoisotopic (exact) mass is 257 g/mol. The van der Waals surface area contributed by atoms with E-state index in [0.29, 0.717) is 6.54 Å². The quantitative estimate of drug-likeness (QED) is 0.633. The third kappa shape index (κ3) is 2.81. The number of nitrogens with one attached hydrogen (secondary N) is 1. The van der Waals surface area contributed by atoms with Gasteiger partial charge in [0.15, 0.2) is 0 Å². The molecule has 1 rings (SSSR count). The van der Waals surface area contributed by atoms with Crippen molar-refractivity contribution in [3.05, 3.63) is 27.8 Å². The largest absolute Gasteiger partial charge is 0.374 e. The van der Waals surface area contributed by atoms with Crippen molar-refractivity contribution >= 4 is 28.3 Å². The van der Waals surface area contributed by atoms with Gasteiger partial charge in [-0.1, -0.05) is 12.0 Å². The Hall–Kier alpha value is -0.690. The maximum atomic E-state index is 5.10. The standard InChI is InChI=1S/C9H8IN/c1-2-6-11-9-5-3-4-8(10)7-9/h1,3-5,7,11H,6H2. The number of hydrogen-bond donors (Lipinski definition) is 1. The molecule has 0 bridgehead atoms. The van der Waals surface area contributed by atoms with Crippen LogP contribution in [0.15, 0.2) is 24.3 Å². The fourth-order valence-corrected chi connectivity index (χ4v) is 1.29. The average molecular weight is 257 g/mol. The lowest BCUT2D eigenvalue weighted by Crippen LogP contribution is -1.97. The summed E-state index contributed by atoms with van der Waals surface area (Å²) >= 11 is 2.27. The van der Waals surface area contributed by atoms with Gasteiger partial charge in [0.1, 0.15) is 0 Å². The molecule has 0 saturated heterocycles. The van der Waals surface area contributed by atoms with E-state index in [1.54, 1.807) is 0 Å². The van der Waals surface area contributed by atoms with Crippen molar-refractivity contribution in [3.63, 3.8) is 0 Å². The summed E-state index contributed by atoms with van der Waals surface area (Å²) in [5.74, 6) is 2.52. The summed E-state index contributed by atoms with van der Waals surface area (Å²) < 4.78 is 1.21. The SMILES string of the molecule is C#CCNc1cccc(I)c1. The molecule has 0 spiro atoms. The Morgan fingerprint density at radius 3 is 3.00 bits per heavy atom. The van der Waals surface area contributed by atoms with Crippen molar-refractivity contribution in [2.24, 2.45) is 0 Å². The van der Waals surface area contributed by atoms with Crippen LogP contribution in [0.3, 0.4) is 0 Å². The predicted octanol–water partition coefficient (Wildman–Crippen LogP) is 2.34. The topological polar surface area (TPSA) is 12.0 Å². The summed E-state index contributed by atoms with van der Waals surface area (Å²) in [6.07, 6.45) is 5.10. The van der Waals surface area contributed by atoms with Gasteiger partial charge in [-0.25, -0.2) is 0 Å². The van der Waals surface area contributed by atoms with Crippen LogP contribution in [0.5, 0.6) is 0 Å². The van der Waals surface area contributed by atoms with Crippen molar-refractivity contribution in [3.8, 4) is 12.3 Å². The molecule has 0 aliphatic heterocycles. The van der Waals surface area contributed by atoms with Gasteiger partial charge in [0.2, 0.25) is 0 Å². The smallest absolute Gasteiger partial charge is 0.0763 e. The Morgan fingerprint density at radius 2 is 2.36 bits per heavy atom. The van der Waals surface area contributed by atoms with Gasteiger partial charge >= 0.3 is 0 Å². The molecule has 0 unspecified atom stereocenters. The maximum absolute atomic E-state index is 5.10. The Morgan fingerprint density at radius 1 is 1.55 bits per heavy atom. The Kier molecular flexibility index (Phi) is 3.24. The van der Waals surface area contributed by atoms with Gasteiger partial charge in [0.25, 0.3) is 0 Å². The van der Waals surface area contributed by atoms with Crippen LogP contribution in [-0.4, -0.2) is 6.54 Å². The van der Waals surface area contributed by atoms with E-state index in [-0.39, 0.29) is 0 Å². The van der Waals surface area contributed by atoms with Crippen LogP contribution in [0.2, 0.25) is 0 Å². The Labute approximate surface area is 80.3 Å². The first-order chi connectivity index (χ1) is 5.33. The van der Waals surface area contributed by atoms with Crippen LogP contribution >= 0.6 is 22.6 Å². The molecule has 0 saturated carbocycles. The van der Waals surface area contributed by atoms with Crippen molar-refractivity contribution in [1.82, 2.24) is 0 Å². The minimum Gasteiger partial charge on any atom is -0.374 e. The Balaban J connectivity index is 2.65. The van der Waals surface area contributed by atoms with Crippen LogP contribution in [0, 0.1) is 15.9 Å². The molecule has 0 radical (unpaired) electrons. The van der Waals surface area contributed by atoms with Crippen molar-refractivity contribution < 1.29 is 0 Å². The van der Waals surface area contributed by atoms with Crippen LogP contribution in [0.25, 0.3) is 0 Å². The minimum atomic E-state index is 0.583. The zero-order chi connectivity index (χ0) is 8.10. The number of benzene rings is 1. The summed E-state index contributed by atoms with van der Waals surface area (Å²) in [6, 6.07) is 8.10. The summed E-state index contributed by atoms with van der Waals surface area (Å²) in [5, 5.41) is 3.09. The lowest BCUT2D eigenvalue weighted by molar-refractivity contribution is 1.38. The number of hydrogen-bond acceptors (Lipinski definition) is 1. The van der Waals surface area contributed by atoms with Crippen LogP contribution in [-0.2, 0) is 0 Å². The molecule has 56 valence electrons. The van der Waals surface area contributed by atoms with E-state index in [2.05, 4.69) is 39.9 Å². The molecule has 0 aliphatic carbocycles. The van der Waals surface area contributed by atoms with Gasteiger partial charge in [0.05, 0.1) is 6.54 Å². The van der Waals surface area contributed by atoms with E-state index in [0.717, 1.165) is 5.69 Å². The van der Waals surface area contributed by atoms with E-state index in [1.165, 1.54) is 3.57 Å². The van der Waals surface area contributed by atoms with Crippen LogP contribution in [0.4, 0.5) is 5.69 Å². The second-order valence-electron chi connectivity index (χ2n) is 2.07. The fraction of sp³-hybridized carbons (Fsp3) is 0.111. The van der Waals surface area contributed by atoms with Gasteiger partial charge in [-0.2, -0.15) is 0 Å². The highest BCUT2D eigenvalue weighted by Gasteiger charge is 1.89. The molecule has 1 nitrogen and oxygen atoms in total. The summed E-state index contributed by atoms with van der Waals surface area (Å²) in [5.41, 5.74) is 1.08. The first-order valence-corrected chi connectivity index (χ1v) is 4.33.